The predicted octanol–water partition coefficient (Wildman–Crippen LogP) is 4.97. The molecule has 0 amide bonds. The molecule has 1 aliphatic rings. The van der Waals surface area contributed by atoms with E-state index < -0.39 is 0 Å². The Balaban J connectivity index is 2.22. The van der Waals surface area contributed by atoms with Gasteiger partial charge in [0, 0.05) is 16.1 Å². The summed E-state index contributed by atoms with van der Waals surface area (Å²) < 4.78 is 0. The molecule has 21 heavy (non-hydrogen) atoms. The van der Waals surface area contributed by atoms with Crippen LogP contribution in [0.5, 0.6) is 0 Å². The summed E-state index contributed by atoms with van der Waals surface area (Å²) in [4.78, 5) is 0. The predicted molar refractivity (Wildman–Crippen MR) is 91.6 cm³/mol. The number of halogens is 2. The molecule has 0 spiro atoms. The standard InChI is InChI=1S/C17H26Cl2N2/c1-12(2)11-17(7-3-4-8-17)16(21-20)10-13-9-14(18)5-6-15(13)19/h5-6,9,12,16,21H,3-4,7-8,10-11,20H2,1-2H3. The first-order valence-electron chi connectivity index (χ1n) is 7.87. The van der Waals surface area contributed by atoms with Gasteiger partial charge in [0.25, 0.3) is 0 Å². The molecule has 118 valence electrons. The largest absolute Gasteiger partial charge is 0.271 e. The lowest BCUT2D eigenvalue weighted by Crippen LogP contribution is -2.49. The third-order valence-electron chi connectivity index (χ3n) is 4.79. The van der Waals surface area contributed by atoms with E-state index >= 15 is 0 Å². The fourth-order valence-corrected chi connectivity index (χ4v) is 4.35. The molecule has 2 nitrogen and oxygen atoms in total. The summed E-state index contributed by atoms with van der Waals surface area (Å²) in [6, 6.07) is 5.92. The van der Waals surface area contributed by atoms with Crippen LogP contribution >= 0.6 is 23.2 Å². The molecule has 0 aliphatic heterocycles. The molecule has 0 radical (unpaired) electrons. The van der Waals surface area contributed by atoms with Crippen LogP contribution in [0, 0.1) is 11.3 Å². The van der Waals surface area contributed by atoms with E-state index in [-0.39, 0.29) is 11.5 Å². The van der Waals surface area contributed by atoms with Crippen LogP contribution < -0.4 is 11.3 Å². The molecule has 1 unspecified atom stereocenters. The first-order chi connectivity index (χ1) is 9.97. The van der Waals surface area contributed by atoms with Crippen LogP contribution in [0.15, 0.2) is 18.2 Å². The molecular formula is C17H26Cl2N2. The number of nitrogens with two attached hydrogens (primary N) is 1. The van der Waals surface area contributed by atoms with E-state index in [1.807, 2.05) is 18.2 Å². The topological polar surface area (TPSA) is 38.0 Å². The van der Waals surface area contributed by atoms with Gasteiger partial charge < -0.3 is 0 Å². The first-order valence-corrected chi connectivity index (χ1v) is 8.62. The number of hydrazine groups is 1. The number of nitrogens with one attached hydrogen (secondary N) is 1. The average Bonchev–Trinajstić information content (AvgIpc) is 2.88. The number of rotatable bonds is 6. The van der Waals surface area contributed by atoms with Gasteiger partial charge in [0.15, 0.2) is 0 Å². The fraction of sp³-hybridized carbons (Fsp3) is 0.647. The zero-order valence-corrected chi connectivity index (χ0v) is 14.5. The zero-order chi connectivity index (χ0) is 15.5. The molecule has 1 fully saturated rings. The van der Waals surface area contributed by atoms with Crippen molar-refractivity contribution >= 4 is 23.2 Å². The Bertz CT molecular complexity index is 468. The summed E-state index contributed by atoms with van der Waals surface area (Å²) in [5.41, 5.74) is 4.46. The Hall–Kier alpha value is -0.280. The Labute approximate surface area is 138 Å². The Kier molecular flexibility index (Phi) is 5.96. The number of benzene rings is 1. The maximum absolute atomic E-state index is 6.33. The van der Waals surface area contributed by atoms with Crippen LogP contribution in [0.2, 0.25) is 10.0 Å². The van der Waals surface area contributed by atoms with Crippen LogP contribution in [-0.4, -0.2) is 6.04 Å². The van der Waals surface area contributed by atoms with Crippen LogP contribution in [0.4, 0.5) is 0 Å². The maximum atomic E-state index is 6.33. The highest BCUT2D eigenvalue weighted by Gasteiger charge is 2.41. The Morgan fingerprint density at radius 2 is 1.90 bits per heavy atom. The van der Waals surface area contributed by atoms with Crippen molar-refractivity contribution in [1.82, 2.24) is 5.43 Å². The van der Waals surface area contributed by atoms with E-state index in [2.05, 4.69) is 19.3 Å². The van der Waals surface area contributed by atoms with Crippen molar-refractivity contribution in [3.05, 3.63) is 33.8 Å². The molecule has 0 bridgehead atoms. The highest BCUT2D eigenvalue weighted by Crippen LogP contribution is 2.46. The lowest BCUT2D eigenvalue weighted by Gasteiger charge is -2.39. The van der Waals surface area contributed by atoms with Crippen molar-refractivity contribution in [2.24, 2.45) is 17.2 Å². The van der Waals surface area contributed by atoms with Crippen molar-refractivity contribution < 1.29 is 0 Å². The Morgan fingerprint density at radius 3 is 2.48 bits per heavy atom. The van der Waals surface area contributed by atoms with E-state index in [0.29, 0.717) is 5.92 Å². The van der Waals surface area contributed by atoms with Gasteiger partial charge in [-0.1, -0.05) is 49.9 Å². The SMILES string of the molecule is CC(C)CC1(C(Cc2cc(Cl)ccc2Cl)NN)CCCC1. The molecule has 3 N–H and O–H groups in total. The van der Waals surface area contributed by atoms with Crippen LogP contribution in [0.1, 0.15) is 51.5 Å². The summed E-state index contributed by atoms with van der Waals surface area (Å²) in [5, 5.41) is 1.51. The summed E-state index contributed by atoms with van der Waals surface area (Å²) in [6.45, 7) is 4.58. The minimum absolute atomic E-state index is 0.248. The zero-order valence-electron chi connectivity index (χ0n) is 13.0. The van der Waals surface area contributed by atoms with E-state index in [1.165, 1.54) is 32.1 Å². The number of hydrogen-bond donors (Lipinski definition) is 2. The summed E-state index contributed by atoms with van der Waals surface area (Å²) in [7, 11) is 0. The van der Waals surface area contributed by atoms with Crippen LogP contribution in [0.25, 0.3) is 0 Å². The van der Waals surface area contributed by atoms with Crippen LogP contribution in [0.3, 0.4) is 0 Å². The van der Waals surface area contributed by atoms with Gasteiger partial charge >= 0.3 is 0 Å². The molecule has 2 rings (SSSR count). The molecule has 0 saturated heterocycles. The molecule has 0 heterocycles. The monoisotopic (exact) mass is 328 g/mol. The Morgan fingerprint density at radius 1 is 1.24 bits per heavy atom. The van der Waals surface area contributed by atoms with Crippen molar-refractivity contribution in [1.29, 1.82) is 0 Å². The van der Waals surface area contributed by atoms with E-state index in [9.17, 15) is 0 Å². The van der Waals surface area contributed by atoms with E-state index in [4.69, 9.17) is 29.0 Å². The van der Waals surface area contributed by atoms with Gasteiger partial charge in [-0.3, -0.25) is 11.3 Å². The molecule has 1 aliphatic carbocycles. The second-order valence-electron chi connectivity index (χ2n) is 6.83. The minimum Gasteiger partial charge on any atom is -0.271 e. The van der Waals surface area contributed by atoms with Gasteiger partial charge in [-0.05, 0) is 60.8 Å². The minimum atomic E-state index is 0.248. The van der Waals surface area contributed by atoms with Gasteiger partial charge in [0.2, 0.25) is 0 Å². The highest BCUT2D eigenvalue weighted by molar-refractivity contribution is 6.33. The normalized spacial score (nSPS) is 19.1. The molecule has 1 saturated carbocycles. The fourth-order valence-electron chi connectivity index (χ4n) is 3.96. The third-order valence-corrected chi connectivity index (χ3v) is 5.39. The molecule has 1 aromatic rings. The molecule has 0 aromatic heterocycles. The van der Waals surface area contributed by atoms with Gasteiger partial charge in [0.05, 0.1) is 0 Å². The smallest absolute Gasteiger partial charge is 0.0439 e. The molecule has 1 aromatic carbocycles. The molecule has 1 atom stereocenters. The van der Waals surface area contributed by atoms with Crippen molar-refractivity contribution in [3.63, 3.8) is 0 Å². The highest BCUT2D eigenvalue weighted by atomic mass is 35.5. The summed E-state index contributed by atoms with van der Waals surface area (Å²) >= 11 is 12.4. The second-order valence-corrected chi connectivity index (χ2v) is 7.67. The van der Waals surface area contributed by atoms with Gasteiger partial charge in [-0.25, -0.2) is 0 Å². The maximum Gasteiger partial charge on any atom is 0.0439 e. The number of hydrogen-bond acceptors (Lipinski definition) is 2. The molecule has 4 heteroatoms. The van der Waals surface area contributed by atoms with Crippen LogP contribution in [-0.2, 0) is 6.42 Å². The summed E-state index contributed by atoms with van der Waals surface area (Å²) in [5.74, 6) is 6.60. The molecular weight excluding hydrogens is 303 g/mol. The van der Waals surface area contributed by atoms with E-state index in [0.717, 1.165) is 22.0 Å². The van der Waals surface area contributed by atoms with Gasteiger partial charge in [-0.2, -0.15) is 0 Å². The van der Waals surface area contributed by atoms with E-state index in [1.54, 1.807) is 0 Å². The quantitative estimate of drug-likeness (QED) is 0.571. The summed E-state index contributed by atoms with van der Waals surface area (Å²) in [6.07, 6.45) is 7.14. The van der Waals surface area contributed by atoms with Gasteiger partial charge in [-0.15, -0.1) is 0 Å². The van der Waals surface area contributed by atoms with Crippen molar-refractivity contribution in [2.45, 2.75) is 58.4 Å². The second kappa shape index (κ2) is 7.32. The third kappa shape index (κ3) is 4.13. The first kappa shape index (κ1) is 17.1. The lowest BCUT2D eigenvalue weighted by atomic mass is 9.71. The van der Waals surface area contributed by atoms with Crippen molar-refractivity contribution in [3.8, 4) is 0 Å². The van der Waals surface area contributed by atoms with Crippen molar-refractivity contribution in [2.75, 3.05) is 0 Å². The lowest BCUT2D eigenvalue weighted by molar-refractivity contribution is 0.154. The van der Waals surface area contributed by atoms with Gasteiger partial charge in [0.1, 0.15) is 0 Å². The average molecular weight is 329 g/mol.